The second kappa shape index (κ2) is 5.07. The van der Waals surface area contributed by atoms with Crippen LogP contribution >= 0.6 is 11.3 Å². The predicted octanol–water partition coefficient (Wildman–Crippen LogP) is 3.95. The van der Waals surface area contributed by atoms with Crippen molar-refractivity contribution in [3.63, 3.8) is 0 Å². The van der Waals surface area contributed by atoms with Gasteiger partial charge in [0.15, 0.2) is 4.96 Å². The van der Waals surface area contributed by atoms with Gasteiger partial charge in [-0.2, -0.15) is 0 Å². The van der Waals surface area contributed by atoms with Crippen molar-refractivity contribution >= 4 is 22.0 Å². The van der Waals surface area contributed by atoms with E-state index in [4.69, 9.17) is 0 Å². The molecule has 0 radical (unpaired) electrons. The topological polar surface area (TPSA) is 49.6 Å². The third-order valence-electron chi connectivity index (χ3n) is 3.82. The van der Waals surface area contributed by atoms with Crippen LogP contribution in [0.5, 0.6) is 5.75 Å². The molecule has 5 heteroatoms. The van der Waals surface area contributed by atoms with Gasteiger partial charge in [-0.15, -0.1) is 11.3 Å². The first-order valence-corrected chi connectivity index (χ1v) is 7.76. The molecule has 0 spiro atoms. The molecule has 3 rings (SSSR count). The number of nitrogens with one attached hydrogen (secondary N) is 1. The van der Waals surface area contributed by atoms with Crippen molar-refractivity contribution in [1.29, 1.82) is 0 Å². The van der Waals surface area contributed by atoms with Crippen LogP contribution in [0.2, 0.25) is 0 Å². The average molecular weight is 301 g/mol. The highest BCUT2D eigenvalue weighted by Crippen LogP contribution is 2.29. The minimum absolute atomic E-state index is 0.363. The number of benzene rings is 1. The van der Waals surface area contributed by atoms with Gasteiger partial charge in [-0.1, -0.05) is 6.07 Å². The summed E-state index contributed by atoms with van der Waals surface area (Å²) in [5.41, 5.74) is 4.94. The Morgan fingerprint density at radius 2 is 2.00 bits per heavy atom. The van der Waals surface area contributed by atoms with E-state index < -0.39 is 0 Å². The number of hydrogen-bond acceptors (Lipinski definition) is 4. The Hall–Kier alpha value is -2.01. The first-order chi connectivity index (χ1) is 9.97. The molecule has 1 aromatic carbocycles. The van der Waals surface area contributed by atoms with Gasteiger partial charge in [-0.05, 0) is 39.3 Å². The van der Waals surface area contributed by atoms with E-state index >= 15 is 0 Å². The number of nitrogens with zero attached hydrogens (tertiary/aromatic N) is 2. The Labute approximate surface area is 128 Å². The van der Waals surface area contributed by atoms with Crippen LogP contribution in [0.3, 0.4) is 0 Å². The number of anilines is 1. The molecule has 0 amide bonds. The normalized spacial score (nSPS) is 11.2. The van der Waals surface area contributed by atoms with Gasteiger partial charge in [0, 0.05) is 22.3 Å². The van der Waals surface area contributed by atoms with Gasteiger partial charge in [0.25, 0.3) is 0 Å². The van der Waals surface area contributed by atoms with Crippen LogP contribution in [-0.2, 0) is 6.54 Å². The fourth-order valence-electron chi connectivity index (χ4n) is 2.53. The summed E-state index contributed by atoms with van der Waals surface area (Å²) in [6, 6.07) is 3.94. The van der Waals surface area contributed by atoms with E-state index in [1.54, 1.807) is 11.3 Å². The Balaban J connectivity index is 1.90. The highest BCUT2D eigenvalue weighted by atomic mass is 32.1. The summed E-state index contributed by atoms with van der Waals surface area (Å²) in [7, 11) is 0. The molecule has 0 fully saturated rings. The lowest BCUT2D eigenvalue weighted by Crippen LogP contribution is -2.05. The number of phenols is 1. The standard InChI is InChI=1S/C16H19N3OS/c1-9-5-6-13(11(3)15(9)20)17-7-14-12(4)18-16-19(14)8-10(2)21-16/h5-6,8,17,20H,7H2,1-4H3. The number of aryl methyl sites for hydroxylation is 3. The third-order valence-corrected chi connectivity index (χ3v) is 4.72. The zero-order valence-corrected chi connectivity index (χ0v) is 13.5. The third kappa shape index (κ3) is 2.38. The van der Waals surface area contributed by atoms with Gasteiger partial charge in [0.05, 0.1) is 17.9 Å². The first kappa shape index (κ1) is 13.9. The molecule has 0 atom stereocenters. The Morgan fingerprint density at radius 1 is 1.24 bits per heavy atom. The number of fused-ring (bicyclic) bond motifs is 1. The molecular weight excluding hydrogens is 282 g/mol. The predicted molar refractivity (Wildman–Crippen MR) is 87.5 cm³/mol. The lowest BCUT2D eigenvalue weighted by molar-refractivity contribution is 0.467. The summed E-state index contributed by atoms with van der Waals surface area (Å²) in [5.74, 6) is 0.363. The fraction of sp³-hybridized carbons (Fsp3) is 0.312. The monoisotopic (exact) mass is 301 g/mol. The summed E-state index contributed by atoms with van der Waals surface area (Å²) >= 11 is 1.70. The van der Waals surface area contributed by atoms with Gasteiger partial charge >= 0.3 is 0 Å². The van der Waals surface area contributed by atoms with Crippen molar-refractivity contribution < 1.29 is 5.11 Å². The van der Waals surface area contributed by atoms with Crippen molar-refractivity contribution in [2.24, 2.45) is 0 Å². The van der Waals surface area contributed by atoms with E-state index in [1.807, 2.05) is 32.9 Å². The van der Waals surface area contributed by atoms with E-state index in [9.17, 15) is 5.11 Å². The first-order valence-electron chi connectivity index (χ1n) is 6.94. The van der Waals surface area contributed by atoms with Crippen LogP contribution in [0.15, 0.2) is 18.3 Å². The van der Waals surface area contributed by atoms with Crippen LogP contribution in [0, 0.1) is 27.7 Å². The van der Waals surface area contributed by atoms with E-state index in [2.05, 4.69) is 27.8 Å². The lowest BCUT2D eigenvalue weighted by atomic mass is 10.1. The molecule has 0 aliphatic heterocycles. The Kier molecular flexibility index (Phi) is 3.37. The lowest BCUT2D eigenvalue weighted by Gasteiger charge is -2.12. The molecule has 0 aliphatic rings. The van der Waals surface area contributed by atoms with Crippen molar-refractivity contribution in [2.45, 2.75) is 34.2 Å². The van der Waals surface area contributed by atoms with Crippen LogP contribution < -0.4 is 5.32 Å². The van der Waals surface area contributed by atoms with Gasteiger partial charge < -0.3 is 10.4 Å². The summed E-state index contributed by atoms with van der Waals surface area (Å²) in [4.78, 5) is 6.88. The van der Waals surface area contributed by atoms with Crippen molar-refractivity contribution in [1.82, 2.24) is 9.38 Å². The zero-order valence-electron chi connectivity index (χ0n) is 12.7. The van der Waals surface area contributed by atoms with E-state index in [-0.39, 0.29) is 0 Å². The number of aromatic nitrogens is 2. The molecule has 0 unspecified atom stereocenters. The summed E-state index contributed by atoms with van der Waals surface area (Å²) in [6.07, 6.45) is 2.12. The quantitative estimate of drug-likeness (QED) is 0.770. The highest BCUT2D eigenvalue weighted by Gasteiger charge is 2.12. The molecule has 0 saturated carbocycles. The maximum absolute atomic E-state index is 10.0. The molecule has 110 valence electrons. The molecule has 0 bridgehead atoms. The van der Waals surface area contributed by atoms with Crippen LogP contribution in [0.4, 0.5) is 5.69 Å². The van der Waals surface area contributed by atoms with Gasteiger partial charge in [0.1, 0.15) is 5.75 Å². The van der Waals surface area contributed by atoms with Gasteiger partial charge in [0.2, 0.25) is 0 Å². The molecule has 0 saturated heterocycles. The SMILES string of the molecule is Cc1cn2c(CNc3ccc(C)c(O)c3C)c(C)nc2s1. The Bertz CT molecular complexity index is 817. The number of hydrogen-bond donors (Lipinski definition) is 2. The second-order valence-electron chi connectivity index (χ2n) is 5.40. The summed E-state index contributed by atoms with van der Waals surface area (Å²) in [6.45, 7) is 8.65. The van der Waals surface area contributed by atoms with Gasteiger partial charge in [-0.3, -0.25) is 4.40 Å². The summed E-state index contributed by atoms with van der Waals surface area (Å²) < 4.78 is 2.14. The van der Waals surface area contributed by atoms with Crippen molar-refractivity contribution in [3.8, 4) is 5.75 Å². The number of aromatic hydroxyl groups is 1. The average Bonchev–Trinajstić information content (AvgIpc) is 2.91. The van der Waals surface area contributed by atoms with Crippen LogP contribution in [-0.4, -0.2) is 14.5 Å². The molecule has 2 aromatic heterocycles. The van der Waals surface area contributed by atoms with E-state index in [1.165, 1.54) is 4.88 Å². The zero-order chi connectivity index (χ0) is 15.1. The van der Waals surface area contributed by atoms with Crippen LogP contribution in [0.1, 0.15) is 27.4 Å². The fourth-order valence-corrected chi connectivity index (χ4v) is 3.42. The summed E-state index contributed by atoms with van der Waals surface area (Å²) in [5, 5.41) is 13.4. The second-order valence-corrected chi connectivity index (χ2v) is 6.61. The largest absolute Gasteiger partial charge is 0.507 e. The number of rotatable bonds is 3. The highest BCUT2D eigenvalue weighted by molar-refractivity contribution is 7.17. The van der Waals surface area contributed by atoms with Crippen LogP contribution in [0.25, 0.3) is 4.96 Å². The minimum Gasteiger partial charge on any atom is -0.507 e. The molecule has 4 nitrogen and oxygen atoms in total. The molecule has 2 heterocycles. The molecule has 21 heavy (non-hydrogen) atoms. The maximum Gasteiger partial charge on any atom is 0.194 e. The van der Waals surface area contributed by atoms with E-state index in [0.717, 1.165) is 33.2 Å². The van der Waals surface area contributed by atoms with Crippen molar-refractivity contribution in [3.05, 3.63) is 45.7 Å². The number of thiazole rings is 1. The van der Waals surface area contributed by atoms with Crippen molar-refractivity contribution in [2.75, 3.05) is 5.32 Å². The van der Waals surface area contributed by atoms with E-state index in [0.29, 0.717) is 12.3 Å². The molecular formula is C16H19N3OS. The molecule has 0 aliphatic carbocycles. The maximum atomic E-state index is 10.0. The minimum atomic E-state index is 0.363. The smallest absolute Gasteiger partial charge is 0.194 e. The number of phenolic OH excluding ortho intramolecular Hbond substituents is 1. The number of imidazole rings is 1. The molecule has 2 N–H and O–H groups in total. The Morgan fingerprint density at radius 3 is 2.76 bits per heavy atom. The molecule has 3 aromatic rings. The van der Waals surface area contributed by atoms with Gasteiger partial charge in [-0.25, -0.2) is 4.98 Å².